The van der Waals surface area contributed by atoms with Crippen molar-refractivity contribution in [2.24, 2.45) is 0 Å². The van der Waals surface area contributed by atoms with Crippen LogP contribution in [0.2, 0.25) is 0 Å². The molecule has 0 radical (unpaired) electrons. The van der Waals surface area contributed by atoms with Crippen molar-refractivity contribution in [3.8, 4) is 11.5 Å². The highest BCUT2D eigenvalue weighted by Crippen LogP contribution is 2.22. The van der Waals surface area contributed by atoms with Gasteiger partial charge in [-0.25, -0.2) is 0 Å². The summed E-state index contributed by atoms with van der Waals surface area (Å²) in [5.74, 6) is 0.952. The van der Waals surface area contributed by atoms with Gasteiger partial charge in [-0.05, 0) is 35.4 Å². The second-order valence-corrected chi connectivity index (χ2v) is 8.92. The van der Waals surface area contributed by atoms with E-state index >= 15 is 0 Å². The Labute approximate surface area is 194 Å². The highest BCUT2D eigenvalue weighted by atomic mass is 28.4. The van der Waals surface area contributed by atoms with E-state index in [0.29, 0.717) is 11.5 Å². The van der Waals surface area contributed by atoms with Crippen molar-refractivity contribution in [3.05, 3.63) is 132 Å². The molecule has 0 aromatic heterocycles. The van der Waals surface area contributed by atoms with Crippen LogP contribution in [-0.4, -0.2) is 9.05 Å². The minimum Gasteiger partial charge on any atom is -0.343 e. The molecule has 4 aromatic carbocycles. The average molecular weight is 461 g/mol. The van der Waals surface area contributed by atoms with Gasteiger partial charge in [0.2, 0.25) is 0 Å². The third-order valence-electron chi connectivity index (χ3n) is 4.48. The van der Waals surface area contributed by atoms with Crippen molar-refractivity contribution in [2.45, 2.75) is 13.2 Å². The van der Waals surface area contributed by atoms with Crippen LogP contribution in [0.3, 0.4) is 0 Å². The first-order chi connectivity index (χ1) is 16.3. The maximum atomic E-state index is 6.10. The molecule has 7 heteroatoms. The number of para-hydroxylation sites is 2. The Morgan fingerprint density at radius 2 is 0.758 bits per heavy atom. The molecule has 0 aliphatic carbocycles. The summed E-state index contributed by atoms with van der Waals surface area (Å²) in [5, 5.41) is 0. The Hall–Kier alpha value is -3.46. The zero-order chi connectivity index (χ0) is 22.6. The first-order valence-corrected chi connectivity index (χ1v) is 12.1. The summed E-state index contributed by atoms with van der Waals surface area (Å²) in [4.78, 5) is 11.1. The second-order valence-electron chi connectivity index (χ2n) is 7.01. The van der Waals surface area contributed by atoms with Crippen LogP contribution in [0.15, 0.2) is 121 Å². The van der Waals surface area contributed by atoms with Crippen LogP contribution in [0.25, 0.3) is 0 Å². The van der Waals surface area contributed by atoms with Gasteiger partial charge in [0.05, 0.1) is 13.2 Å². The molecule has 168 valence electrons. The van der Waals surface area contributed by atoms with Crippen molar-refractivity contribution in [3.63, 3.8) is 0 Å². The van der Waals surface area contributed by atoms with Gasteiger partial charge in [-0.3, -0.25) is 0 Å². The van der Waals surface area contributed by atoms with Gasteiger partial charge in [0, 0.05) is 0 Å². The summed E-state index contributed by atoms with van der Waals surface area (Å²) in [7, 11) is -3.97. The lowest BCUT2D eigenvalue weighted by molar-refractivity contribution is -0.269. The third-order valence-corrected chi connectivity index (χ3v) is 6.05. The molecule has 6 nitrogen and oxygen atoms in total. The molecular weight excluding hydrogens is 436 g/mol. The molecule has 0 aliphatic heterocycles. The predicted octanol–water partition coefficient (Wildman–Crippen LogP) is 5.88. The van der Waals surface area contributed by atoms with E-state index in [-0.39, 0.29) is 13.2 Å². The molecule has 4 rings (SSSR count). The maximum absolute atomic E-state index is 6.10. The highest BCUT2D eigenvalue weighted by molar-refractivity contribution is 6.52. The molecule has 0 heterocycles. The number of benzene rings is 4. The number of hydrogen-bond donors (Lipinski definition) is 0. The van der Waals surface area contributed by atoms with Gasteiger partial charge in [0.1, 0.15) is 0 Å². The van der Waals surface area contributed by atoms with E-state index in [4.69, 9.17) is 27.8 Å². The fraction of sp³-hybridized carbons (Fsp3) is 0.0769. The Morgan fingerprint density at radius 1 is 0.424 bits per heavy atom. The smallest absolute Gasteiger partial charge is 0.343 e. The van der Waals surface area contributed by atoms with Gasteiger partial charge in [-0.15, -0.1) is 9.15 Å². The third kappa shape index (κ3) is 7.28. The molecule has 0 bridgehead atoms. The van der Waals surface area contributed by atoms with Crippen molar-refractivity contribution in [1.82, 2.24) is 0 Å². The minimum absolute atomic E-state index is 0.179. The first kappa shape index (κ1) is 22.7. The largest absolute Gasteiger partial charge is 0.755 e. The zero-order valence-corrected chi connectivity index (χ0v) is 18.9. The Bertz CT molecular complexity index is 885. The van der Waals surface area contributed by atoms with Crippen LogP contribution in [0, 0.1) is 0 Å². The van der Waals surface area contributed by atoms with Gasteiger partial charge in [-0.1, -0.05) is 97.1 Å². The fourth-order valence-corrected chi connectivity index (χ4v) is 4.18. The fourth-order valence-electron chi connectivity index (χ4n) is 2.79. The van der Waals surface area contributed by atoms with E-state index in [2.05, 4.69) is 0 Å². The van der Waals surface area contributed by atoms with Gasteiger partial charge in [-0.2, -0.15) is 0 Å². The van der Waals surface area contributed by atoms with Gasteiger partial charge < -0.3 is 18.6 Å². The first-order valence-electron chi connectivity index (χ1n) is 10.5. The van der Waals surface area contributed by atoms with Crippen molar-refractivity contribution in [1.29, 1.82) is 0 Å². The lowest BCUT2D eigenvalue weighted by atomic mass is 10.2. The summed E-state index contributed by atoms with van der Waals surface area (Å²) >= 11 is 0. The molecular formula is C26H24O6Si. The van der Waals surface area contributed by atoms with Gasteiger partial charge >= 0.3 is 9.05 Å². The van der Waals surface area contributed by atoms with Crippen LogP contribution in [0.1, 0.15) is 11.1 Å². The summed E-state index contributed by atoms with van der Waals surface area (Å²) in [6.07, 6.45) is 0. The Morgan fingerprint density at radius 3 is 1.12 bits per heavy atom. The van der Waals surface area contributed by atoms with Gasteiger partial charge in [0.25, 0.3) is 0 Å². The quantitative estimate of drug-likeness (QED) is 0.150. The van der Waals surface area contributed by atoms with Crippen molar-refractivity contribution in [2.75, 3.05) is 0 Å². The molecule has 0 atom stereocenters. The zero-order valence-electron chi connectivity index (χ0n) is 17.9. The van der Waals surface area contributed by atoms with Crippen molar-refractivity contribution >= 4 is 9.05 Å². The molecule has 0 unspecified atom stereocenters. The van der Waals surface area contributed by atoms with Crippen molar-refractivity contribution < 1.29 is 27.8 Å². The second kappa shape index (κ2) is 12.0. The van der Waals surface area contributed by atoms with Crippen LogP contribution < -0.4 is 9.78 Å². The molecule has 0 N–H and O–H groups in total. The lowest BCUT2D eigenvalue weighted by Gasteiger charge is -2.25. The molecule has 0 fully saturated rings. The molecule has 0 spiro atoms. The Balaban J connectivity index is 1.56. The number of hydrogen-bond acceptors (Lipinski definition) is 6. The summed E-state index contributed by atoms with van der Waals surface area (Å²) in [6.45, 7) is 0.357. The predicted molar refractivity (Wildman–Crippen MR) is 125 cm³/mol. The molecule has 0 amide bonds. The van der Waals surface area contributed by atoms with E-state index in [1.165, 1.54) is 0 Å². The average Bonchev–Trinajstić information content (AvgIpc) is 2.90. The van der Waals surface area contributed by atoms with Crippen LogP contribution in [0.5, 0.6) is 11.5 Å². The number of rotatable bonds is 12. The normalized spacial score (nSPS) is 11.2. The molecule has 33 heavy (non-hydrogen) atoms. The lowest BCUT2D eigenvalue weighted by Crippen LogP contribution is -2.50. The highest BCUT2D eigenvalue weighted by Gasteiger charge is 2.52. The summed E-state index contributed by atoms with van der Waals surface area (Å²) in [5.41, 5.74) is 1.84. The Kier molecular flexibility index (Phi) is 8.23. The van der Waals surface area contributed by atoms with E-state index < -0.39 is 9.05 Å². The minimum atomic E-state index is -3.97. The van der Waals surface area contributed by atoms with Crippen LogP contribution >= 0.6 is 0 Å². The van der Waals surface area contributed by atoms with Crippen LogP contribution in [-0.2, 0) is 31.2 Å². The van der Waals surface area contributed by atoms with Gasteiger partial charge in [0.15, 0.2) is 11.5 Å². The monoisotopic (exact) mass is 460 g/mol. The molecule has 0 saturated carbocycles. The van der Waals surface area contributed by atoms with E-state index in [0.717, 1.165) is 11.1 Å². The molecule has 0 saturated heterocycles. The maximum Gasteiger partial charge on any atom is 0.755 e. The molecule has 0 aliphatic rings. The summed E-state index contributed by atoms with van der Waals surface area (Å²) in [6, 6.07) is 37.4. The van der Waals surface area contributed by atoms with E-state index in [9.17, 15) is 0 Å². The topological polar surface area (TPSA) is 55.4 Å². The SMILES string of the molecule is c1ccc(CO[Si](OCc2ccccc2)(OOc2ccccc2)OOc2ccccc2)cc1. The molecule has 4 aromatic rings. The standard InChI is InChI=1S/C26H24O6Si/c1-5-13-23(14-6-1)21-27-33(28-22-24-15-7-2-8-16-24,31-29-25-17-9-3-10-18-25)32-30-26-19-11-4-12-20-26/h1-20H,21-22H2. The van der Waals surface area contributed by atoms with E-state index in [1.54, 1.807) is 24.3 Å². The van der Waals surface area contributed by atoms with E-state index in [1.807, 2.05) is 97.1 Å². The van der Waals surface area contributed by atoms with Crippen LogP contribution in [0.4, 0.5) is 0 Å². The summed E-state index contributed by atoms with van der Waals surface area (Å²) < 4.78 is 23.7.